The van der Waals surface area contributed by atoms with E-state index in [0.29, 0.717) is 37.2 Å². The average molecular weight is 389 g/mol. The first-order valence-corrected chi connectivity index (χ1v) is 9.98. The van der Waals surface area contributed by atoms with Crippen LogP contribution in [-0.2, 0) is 19.6 Å². The molecule has 0 unspecified atom stereocenters. The van der Waals surface area contributed by atoms with Crippen molar-refractivity contribution in [2.75, 3.05) is 37.8 Å². The van der Waals surface area contributed by atoms with Gasteiger partial charge in [-0.1, -0.05) is 11.6 Å². The van der Waals surface area contributed by atoms with Crippen LogP contribution in [0, 0.1) is 5.92 Å². The van der Waals surface area contributed by atoms with E-state index >= 15 is 0 Å². The van der Waals surface area contributed by atoms with E-state index in [0.717, 1.165) is 10.6 Å². The molecule has 9 heteroatoms. The summed E-state index contributed by atoms with van der Waals surface area (Å²) in [5.41, 5.74) is 0.692. The first-order valence-electron chi connectivity index (χ1n) is 7.75. The standard InChI is InChI=1S/C16H21ClN2O5S/c1-18(25(3,22)23)12-4-5-13(14(17)10-12)15(20)19-8-6-11(7-9-19)16(21)24-2/h4-5,10-11H,6-9H2,1-3H3. The second-order valence-corrected chi connectivity index (χ2v) is 8.41. The first-order chi connectivity index (χ1) is 11.6. The van der Waals surface area contributed by atoms with Gasteiger partial charge in [0.1, 0.15) is 0 Å². The van der Waals surface area contributed by atoms with Gasteiger partial charge < -0.3 is 9.64 Å². The Balaban J connectivity index is 2.12. The highest BCUT2D eigenvalue weighted by atomic mass is 35.5. The molecule has 0 atom stereocenters. The quantitative estimate of drug-likeness (QED) is 0.734. The number of anilines is 1. The zero-order valence-electron chi connectivity index (χ0n) is 14.4. The third-order valence-corrected chi connectivity index (χ3v) is 5.88. The summed E-state index contributed by atoms with van der Waals surface area (Å²) in [6.45, 7) is 0.889. The Hall–Kier alpha value is -1.80. The highest BCUT2D eigenvalue weighted by Gasteiger charge is 2.29. The van der Waals surface area contributed by atoms with Crippen LogP contribution in [0.5, 0.6) is 0 Å². The lowest BCUT2D eigenvalue weighted by Gasteiger charge is -2.31. The molecule has 0 radical (unpaired) electrons. The summed E-state index contributed by atoms with van der Waals surface area (Å²) in [4.78, 5) is 25.8. The SMILES string of the molecule is COC(=O)C1CCN(C(=O)c2ccc(N(C)S(C)(=O)=O)cc2Cl)CC1. The number of sulfonamides is 1. The summed E-state index contributed by atoms with van der Waals surface area (Å²) in [7, 11) is -0.635. The van der Waals surface area contributed by atoms with E-state index < -0.39 is 10.0 Å². The summed E-state index contributed by atoms with van der Waals surface area (Å²) in [5, 5.41) is 0.188. The number of amides is 1. The van der Waals surface area contributed by atoms with Crippen molar-refractivity contribution < 1.29 is 22.7 Å². The molecular formula is C16H21ClN2O5S. The van der Waals surface area contributed by atoms with Crippen molar-refractivity contribution in [2.24, 2.45) is 5.92 Å². The fourth-order valence-electron chi connectivity index (χ4n) is 2.72. The van der Waals surface area contributed by atoms with Crippen molar-refractivity contribution in [1.82, 2.24) is 4.90 Å². The second kappa shape index (κ2) is 7.61. The fraction of sp³-hybridized carbons (Fsp3) is 0.500. The lowest BCUT2D eigenvalue weighted by molar-refractivity contribution is -0.146. The summed E-state index contributed by atoms with van der Waals surface area (Å²) in [6, 6.07) is 4.52. The number of halogens is 1. The Labute approximate surface area is 152 Å². The Morgan fingerprint density at radius 1 is 1.28 bits per heavy atom. The van der Waals surface area contributed by atoms with Crippen LogP contribution in [0.4, 0.5) is 5.69 Å². The highest BCUT2D eigenvalue weighted by molar-refractivity contribution is 7.92. The van der Waals surface area contributed by atoms with Gasteiger partial charge >= 0.3 is 5.97 Å². The highest BCUT2D eigenvalue weighted by Crippen LogP contribution is 2.27. The third kappa shape index (κ3) is 4.43. The predicted octanol–water partition coefficient (Wildman–Crippen LogP) is 1.76. The zero-order valence-corrected chi connectivity index (χ0v) is 15.9. The lowest BCUT2D eigenvalue weighted by Crippen LogP contribution is -2.40. The molecule has 25 heavy (non-hydrogen) atoms. The van der Waals surface area contributed by atoms with Gasteiger partial charge in [-0.05, 0) is 31.0 Å². The van der Waals surface area contributed by atoms with E-state index in [9.17, 15) is 18.0 Å². The molecule has 1 aromatic carbocycles. The van der Waals surface area contributed by atoms with Crippen LogP contribution in [0.25, 0.3) is 0 Å². The van der Waals surface area contributed by atoms with Crippen LogP contribution < -0.4 is 4.31 Å². The van der Waals surface area contributed by atoms with E-state index in [1.54, 1.807) is 11.0 Å². The van der Waals surface area contributed by atoms with Gasteiger partial charge in [-0.25, -0.2) is 8.42 Å². The van der Waals surface area contributed by atoms with Crippen LogP contribution in [0.15, 0.2) is 18.2 Å². The van der Waals surface area contributed by atoms with Crippen molar-refractivity contribution in [1.29, 1.82) is 0 Å². The third-order valence-electron chi connectivity index (χ3n) is 4.36. The Morgan fingerprint density at radius 2 is 1.88 bits per heavy atom. The number of carbonyl (C=O) groups excluding carboxylic acids is 2. The van der Waals surface area contributed by atoms with Gasteiger partial charge in [0, 0.05) is 20.1 Å². The minimum Gasteiger partial charge on any atom is -0.469 e. The zero-order chi connectivity index (χ0) is 18.8. The normalized spacial score (nSPS) is 15.8. The summed E-state index contributed by atoms with van der Waals surface area (Å²) < 4.78 is 29.0. The first kappa shape index (κ1) is 19.5. The van der Waals surface area contributed by atoms with Gasteiger partial charge in [0.05, 0.1) is 35.6 Å². The van der Waals surface area contributed by atoms with E-state index in [-0.39, 0.29) is 22.8 Å². The van der Waals surface area contributed by atoms with Crippen molar-refractivity contribution in [3.8, 4) is 0 Å². The summed E-state index contributed by atoms with van der Waals surface area (Å²) in [6.07, 6.45) is 2.18. The minimum absolute atomic E-state index is 0.185. The minimum atomic E-state index is -3.41. The van der Waals surface area contributed by atoms with E-state index in [1.807, 2.05) is 0 Å². The van der Waals surface area contributed by atoms with E-state index in [4.69, 9.17) is 16.3 Å². The van der Waals surface area contributed by atoms with Crippen LogP contribution in [-0.4, -0.2) is 58.7 Å². The van der Waals surface area contributed by atoms with Gasteiger partial charge in [0.2, 0.25) is 10.0 Å². The topological polar surface area (TPSA) is 84.0 Å². The molecule has 138 valence electrons. The molecule has 1 aromatic rings. The maximum atomic E-state index is 12.6. The van der Waals surface area contributed by atoms with E-state index in [2.05, 4.69) is 0 Å². The maximum Gasteiger partial charge on any atom is 0.308 e. The van der Waals surface area contributed by atoms with Gasteiger partial charge in [-0.2, -0.15) is 0 Å². The Kier molecular flexibility index (Phi) is 5.95. The molecule has 1 amide bonds. The fourth-order valence-corrected chi connectivity index (χ4v) is 3.47. The number of piperidine rings is 1. The number of likely N-dealkylation sites (tertiary alicyclic amines) is 1. The van der Waals surface area contributed by atoms with Gasteiger partial charge in [-0.15, -0.1) is 0 Å². The Bertz CT molecular complexity index is 773. The number of esters is 1. The molecule has 1 aliphatic heterocycles. The van der Waals surface area contributed by atoms with Gasteiger partial charge in [-0.3, -0.25) is 13.9 Å². The molecule has 0 aromatic heterocycles. The smallest absolute Gasteiger partial charge is 0.308 e. The predicted molar refractivity (Wildman–Crippen MR) is 95.3 cm³/mol. The van der Waals surface area contributed by atoms with Crippen LogP contribution in [0.2, 0.25) is 5.02 Å². The summed E-state index contributed by atoms with van der Waals surface area (Å²) in [5.74, 6) is -0.671. The molecule has 7 nitrogen and oxygen atoms in total. The van der Waals surface area contributed by atoms with Gasteiger partial charge in [0.25, 0.3) is 5.91 Å². The molecule has 1 fully saturated rings. The van der Waals surface area contributed by atoms with Crippen LogP contribution in [0.1, 0.15) is 23.2 Å². The number of rotatable bonds is 4. The van der Waals surface area contributed by atoms with Crippen molar-refractivity contribution in [3.05, 3.63) is 28.8 Å². The molecule has 0 bridgehead atoms. The number of ether oxygens (including phenoxy) is 1. The summed E-state index contributed by atoms with van der Waals surface area (Å²) >= 11 is 6.20. The van der Waals surface area contributed by atoms with Crippen LogP contribution >= 0.6 is 11.6 Å². The molecule has 2 rings (SSSR count). The molecule has 0 spiro atoms. The number of nitrogens with zero attached hydrogens (tertiary/aromatic N) is 2. The van der Waals surface area contributed by atoms with Crippen molar-refractivity contribution in [2.45, 2.75) is 12.8 Å². The molecule has 0 N–H and O–H groups in total. The molecule has 0 saturated carbocycles. The molecule has 0 aliphatic carbocycles. The number of hydrogen-bond acceptors (Lipinski definition) is 5. The van der Waals surface area contributed by atoms with Crippen LogP contribution in [0.3, 0.4) is 0 Å². The maximum absolute atomic E-state index is 12.6. The largest absolute Gasteiger partial charge is 0.469 e. The molecule has 1 saturated heterocycles. The van der Waals surface area contributed by atoms with Crippen molar-refractivity contribution in [3.63, 3.8) is 0 Å². The lowest BCUT2D eigenvalue weighted by atomic mass is 9.96. The monoisotopic (exact) mass is 388 g/mol. The molecule has 1 aliphatic rings. The molecular weight excluding hydrogens is 368 g/mol. The Morgan fingerprint density at radius 3 is 2.36 bits per heavy atom. The van der Waals surface area contributed by atoms with Crippen molar-refractivity contribution >= 4 is 39.2 Å². The average Bonchev–Trinajstić information content (AvgIpc) is 2.59. The molecule has 1 heterocycles. The second-order valence-electron chi connectivity index (χ2n) is 5.98. The van der Waals surface area contributed by atoms with E-state index in [1.165, 1.54) is 26.3 Å². The number of methoxy groups -OCH3 is 1. The van der Waals surface area contributed by atoms with Gasteiger partial charge in [0.15, 0.2) is 0 Å². The number of benzene rings is 1. The number of hydrogen-bond donors (Lipinski definition) is 0. The number of carbonyl (C=O) groups is 2.